The lowest BCUT2D eigenvalue weighted by Crippen LogP contribution is -2.29. The molecular formula is C14H23ClN4O. The highest BCUT2D eigenvalue weighted by Gasteiger charge is 2.13. The molecule has 6 heteroatoms. The Kier molecular flexibility index (Phi) is 6.75. The van der Waals surface area contributed by atoms with Gasteiger partial charge in [-0.15, -0.1) is 0 Å². The third-order valence-corrected chi connectivity index (χ3v) is 3.04. The van der Waals surface area contributed by atoms with Gasteiger partial charge in [0.2, 0.25) is 0 Å². The minimum atomic E-state index is -0.0350. The molecule has 0 radical (unpaired) electrons. The minimum absolute atomic E-state index is 0.0350. The molecule has 0 unspecified atom stereocenters. The molecule has 0 bridgehead atoms. The molecule has 0 spiro atoms. The number of nitrogens with one attached hydrogen (secondary N) is 1. The molecule has 1 amide bonds. The van der Waals surface area contributed by atoms with Gasteiger partial charge in [-0.3, -0.25) is 4.79 Å². The molecule has 1 aromatic heterocycles. The molecular weight excluding hydrogens is 276 g/mol. The normalized spacial score (nSPS) is 10.7. The van der Waals surface area contributed by atoms with E-state index >= 15 is 0 Å². The number of carbonyl (C=O) groups excluding carboxylic acids is 1. The molecule has 20 heavy (non-hydrogen) atoms. The first-order chi connectivity index (χ1) is 9.43. The Bertz CT molecular complexity index is 451. The summed E-state index contributed by atoms with van der Waals surface area (Å²) in [5, 5.41) is 3.39. The van der Waals surface area contributed by atoms with E-state index in [9.17, 15) is 4.79 Å². The van der Waals surface area contributed by atoms with Crippen LogP contribution in [0.4, 0.5) is 5.82 Å². The number of rotatable bonds is 7. The highest BCUT2D eigenvalue weighted by Crippen LogP contribution is 2.16. The number of aromatic nitrogens is 1. The van der Waals surface area contributed by atoms with Crippen molar-refractivity contribution < 1.29 is 4.79 Å². The second kappa shape index (κ2) is 8.07. The van der Waals surface area contributed by atoms with Crippen molar-refractivity contribution >= 4 is 23.3 Å². The van der Waals surface area contributed by atoms with Crippen molar-refractivity contribution in [2.45, 2.75) is 13.3 Å². The molecule has 0 aromatic carbocycles. The van der Waals surface area contributed by atoms with Gasteiger partial charge in [0, 0.05) is 25.7 Å². The van der Waals surface area contributed by atoms with Crippen LogP contribution in [0.15, 0.2) is 12.1 Å². The standard InChI is InChI=1S/C14H23ClN4O/c1-5-16-13-10-11(9-12(15)17-13)14(20)19(4)8-6-7-18(2)3/h9-10H,5-8H2,1-4H3,(H,16,17). The van der Waals surface area contributed by atoms with Crippen LogP contribution < -0.4 is 5.32 Å². The highest BCUT2D eigenvalue weighted by atomic mass is 35.5. The van der Waals surface area contributed by atoms with E-state index in [0.29, 0.717) is 23.1 Å². The van der Waals surface area contributed by atoms with Crippen LogP contribution in [0.25, 0.3) is 0 Å². The fourth-order valence-corrected chi connectivity index (χ4v) is 2.05. The van der Waals surface area contributed by atoms with Gasteiger partial charge in [-0.2, -0.15) is 0 Å². The molecule has 1 rings (SSSR count). The molecule has 0 aliphatic heterocycles. The average molecular weight is 299 g/mol. The van der Waals surface area contributed by atoms with Gasteiger partial charge in [0.1, 0.15) is 11.0 Å². The van der Waals surface area contributed by atoms with Crippen molar-refractivity contribution in [2.24, 2.45) is 0 Å². The molecule has 0 atom stereocenters. The number of hydrogen-bond acceptors (Lipinski definition) is 4. The molecule has 0 saturated heterocycles. The number of pyridine rings is 1. The molecule has 0 saturated carbocycles. The summed E-state index contributed by atoms with van der Waals surface area (Å²) in [6.07, 6.45) is 0.939. The summed E-state index contributed by atoms with van der Waals surface area (Å²) in [4.78, 5) is 20.3. The Labute approximate surface area is 125 Å². The third kappa shape index (κ3) is 5.35. The van der Waals surface area contributed by atoms with E-state index < -0.39 is 0 Å². The summed E-state index contributed by atoms with van der Waals surface area (Å²) >= 11 is 5.95. The number of carbonyl (C=O) groups is 1. The van der Waals surface area contributed by atoms with Crippen LogP contribution in [0.5, 0.6) is 0 Å². The van der Waals surface area contributed by atoms with Crippen molar-refractivity contribution in [1.29, 1.82) is 0 Å². The minimum Gasteiger partial charge on any atom is -0.370 e. The van der Waals surface area contributed by atoms with Crippen LogP contribution in [-0.4, -0.2) is 61.5 Å². The summed E-state index contributed by atoms with van der Waals surface area (Å²) in [5.74, 6) is 0.595. The third-order valence-electron chi connectivity index (χ3n) is 2.84. The first kappa shape index (κ1) is 16.7. The Morgan fingerprint density at radius 1 is 1.30 bits per heavy atom. The lowest BCUT2D eigenvalue weighted by Gasteiger charge is -2.19. The number of amides is 1. The molecule has 1 N–H and O–H groups in total. The molecule has 0 aliphatic carbocycles. The zero-order chi connectivity index (χ0) is 15.1. The zero-order valence-electron chi connectivity index (χ0n) is 12.6. The second-order valence-electron chi connectivity index (χ2n) is 4.98. The van der Waals surface area contributed by atoms with E-state index in [4.69, 9.17) is 11.6 Å². The van der Waals surface area contributed by atoms with E-state index in [0.717, 1.165) is 19.5 Å². The monoisotopic (exact) mass is 298 g/mol. The van der Waals surface area contributed by atoms with E-state index in [2.05, 4.69) is 15.2 Å². The number of hydrogen-bond donors (Lipinski definition) is 1. The van der Waals surface area contributed by atoms with Gasteiger partial charge >= 0.3 is 0 Å². The Hall–Kier alpha value is -1.33. The van der Waals surface area contributed by atoms with Crippen LogP contribution in [0.1, 0.15) is 23.7 Å². The van der Waals surface area contributed by atoms with Gasteiger partial charge in [-0.1, -0.05) is 11.6 Å². The fourth-order valence-electron chi connectivity index (χ4n) is 1.84. The second-order valence-corrected chi connectivity index (χ2v) is 5.36. The number of nitrogens with zero attached hydrogens (tertiary/aromatic N) is 3. The Morgan fingerprint density at radius 2 is 2.00 bits per heavy atom. The summed E-state index contributed by atoms with van der Waals surface area (Å²) in [5.41, 5.74) is 0.563. The van der Waals surface area contributed by atoms with Crippen molar-refractivity contribution in [3.05, 3.63) is 22.8 Å². The summed E-state index contributed by atoms with van der Waals surface area (Å²) in [6, 6.07) is 3.34. The van der Waals surface area contributed by atoms with Crippen LogP contribution in [-0.2, 0) is 0 Å². The van der Waals surface area contributed by atoms with Crippen molar-refractivity contribution in [1.82, 2.24) is 14.8 Å². The predicted molar refractivity (Wildman–Crippen MR) is 83.5 cm³/mol. The smallest absolute Gasteiger partial charge is 0.253 e. The maximum absolute atomic E-state index is 12.3. The van der Waals surface area contributed by atoms with Gasteiger partial charge in [0.05, 0.1) is 0 Å². The van der Waals surface area contributed by atoms with Gasteiger partial charge in [0.15, 0.2) is 0 Å². The largest absolute Gasteiger partial charge is 0.370 e. The molecule has 5 nitrogen and oxygen atoms in total. The van der Waals surface area contributed by atoms with E-state index in [-0.39, 0.29) is 5.91 Å². The van der Waals surface area contributed by atoms with E-state index in [1.165, 1.54) is 0 Å². The highest BCUT2D eigenvalue weighted by molar-refractivity contribution is 6.29. The number of anilines is 1. The summed E-state index contributed by atoms with van der Waals surface area (Å²) in [7, 11) is 5.85. The lowest BCUT2D eigenvalue weighted by molar-refractivity contribution is 0.0790. The van der Waals surface area contributed by atoms with Gasteiger partial charge in [-0.05, 0) is 46.1 Å². The molecule has 1 heterocycles. The molecule has 1 aromatic rings. The maximum atomic E-state index is 12.3. The lowest BCUT2D eigenvalue weighted by atomic mass is 10.2. The molecule has 0 aliphatic rings. The molecule has 0 fully saturated rings. The predicted octanol–water partition coefficient (Wildman–Crippen LogP) is 2.19. The first-order valence-corrected chi connectivity index (χ1v) is 7.13. The summed E-state index contributed by atoms with van der Waals surface area (Å²) < 4.78 is 0. The van der Waals surface area contributed by atoms with E-state index in [1.807, 2.05) is 21.0 Å². The number of halogens is 1. The van der Waals surface area contributed by atoms with Crippen molar-refractivity contribution in [3.8, 4) is 0 Å². The molecule has 112 valence electrons. The van der Waals surface area contributed by atoms with Crippen LogP contribution in [0.3, 0.4) is 0 Å². The van der Waals surface area contributed by atoms with Crippen LogP contribution >= 0.6 is 11.6 Å². The van der Waals surface area contributed by atoms with Gasteiger partial charge in [0.25, 0.3) is 5.91 Å². The zero-order valence-corrected chi connectivity index (χ0v) is 13.4. The Morgan fingerprint density at radius 3 is 2.60 bits per heavy atom. The SMILES string of the molecule is CCNc1cc(C(=O)N(C)CCCN(C)C)cc(Cl)n1. The van der Waals surface area contributed by atoms with E-state index in [1.54, 1.807) is 24.1 Å². The topological polar surface area (TPSA) is 48.5 Å². The summed E-state index contributed by atoms with van der Waals surface area (Å²) in [6.45, 7) is 4.38. The van der Waals surface area contributed by atoms with Gasteiger partial charge in [-0.25, -0.2) is 4.98 Å². The van der Waals surface area contributed by atoms with Crippen molar-refractivity contribution in [3.63, 3.8) is 0 Å². The maximum Gasteiger partial charge on any atom is 0.253 e. The Balaban J connectivity index is 2.70. The average Bonchev–Trinajstić information content (AvgIpc) is 2.37. The van der Waals surface area contributed by atoms with Gasteiger partial charge < -0.3 is 15.1 Å². The quantitative estimate of drug-likeness (QED) is 0.784. The fraction of sp³-hybridized carbons (Fsp3) is 0.571. The van der Waals surface area contributed by atoms with Crippen molar-refractivity contribution in [2.75, 3.05) is 46.1 Å². The first-order valence-electron chi connectivity index (χ1n) is 6.75. The van der Waals surface area contributed by atoms with Crippen LogP contribution in [0, 0.1) is 0 Å². The van der Waals surface area contributed by atoms with Crippen LogP contribution in [0.2, 0.25) is 5.15 Å².